The maximum absolute atomic E-state index is 12.5. The quantitative estimate of drug-likeness (QED) is 0.900. The Morgan fingerprint density at radius 2 is 1.89 bits per heavy atom. The summed E-state index contributed by atoms with van der Waals surface area (Å²) in [6.07, 6.45) is -0.679. The number of alkyl halides is 3. The van der Waals surface area contributed by atoms with Gasteiger partial charge in [-0.25, -0.2) is 0 Å². The molecule has 0 aromatic carbocycles. The van der Waals surface area contributed by atoms with E-state index in [1.165, 1.54) is 0 Å². The van der Waals surface area contributed by atoms with Crippen molar-refractivity contribution < 1.29 is 13.2 Å². The predicted molar refractivity (Wildman–Crippen MR) is 70.6 cm³/mol. The highest BCUT2D eigenvalue weighted by atomic mass is 79.9. The smallest absolute Gasteiger partial charge is 0.308 e. The predicted octanol–water partition coefficient (Wildman–Crippen LogP) is 4.05. The molecule has 1 saturated carbocycles. The van der Waals surface area contributed by atoms with Crippen molar-refractivity contribution in [1.82, 2.24) is 10.3 Å². The summed E-state index contributed by atoms with van der Waals surface area (Å²) in [5.41, 5.74) is 0.904. The van der Waals surface area contributed by atoms with Crippen LogP contribution in [0, 0.1) is 5.92 Å². The lowest BCUT2D eigenvalue weighted by Gasteiger charge is -2.30. The fourth-order valence-electron chi connectivity index (χ4n) is 2.38. The summed E-state index contributed by atoms with van der Waals surface area (Å²) in [6.45, 7) is 0.606. The Morgan fingerprint density at radius 1 is 1.21 bits per heavy atom. The average Bonchev–Trinajstić information content (AvgIpc) is 2.37. The van der Waals surface area contributed by atoms with Gasteiger partial charge in [0.15, 0.2) is 0 Å². The molecule has 6 heteroatoms. The molecule has 1 heterocycles. The molecule has 1 aliphatic rings. The molecule has 0 amide bonds. The minimum atomic E-state index is -4.03. The first-order valence-electron chi connectivity index (χ1n) is 6.35. The van der Waals surface area contributed by atoms with Crippen LogP contribution in [-0.4, -0.2) is 17.2 Å². The number of rotatable bonds is 3. The maximum Gasteiger partial charge on any atom is 0.391 e. The lowest BCUT2D eigenvalue weighted by molar-refractivity contribution is -0.182. The first-order valence-corrected chi connectivity index (χ1v) is 7.15. The molecule has 0 saturated heterocycles. The largest absolute Gasteiger partial charge is 0.391 e. The second kappa shape index (κ2) is 6.22. The van der Waals surface area contributed by atoms with E-state index in [1.54, 1.807) is 6.20 Å². The van der Waals surface area contributed by atoms with Crippen LogP contribution < -0.4 is 5.32 Å². The number of halogens is 4. The summed E-state index contributed by atoms with van der Waals surface area (Å²) in [5.74, 6) is -1.11. The van der Waals surface area contributed by atoms with E-state index < -0.39 is 12.1 Å². The molecule has 1 aromatic rings. The van der Waals surface area contributed by atoms with E-state index in [2.05, 4.69) is 26.2 Å². The fraction of sp³-hybridized carbons (Fsp3) is 0.615. The highest BCUT2D eigenvalue weighted by Crippen LogP contribution is 2.37. The highest BCUT2D eigenvalue weighted by Gasteiger charge is 2.41. The van der Waals surface area contributed by atoms with Crippen LogP contribution in [0.25, 0.3) is 0 Å². The third-order valence-electron chi connectivity index (χ3n) is 3.55. The molecule has 1 N–H and O–H groups in total. The third-order valence-corrected chi connectivity index (χ3v) is 4.02. The summed E-state index contributed by atoms with van der Waals surface area (Å²) in [7, 11) is 0. The number of nitrogens with one attached hydrogen (secondary N) is 1. The van der Waals surface area contributed by atoms with Gasteiger partial charge < -0.3 is 5.32 Å². The van der Waals surface area contributed by atoms with Crippen molar-refractivity contribution in [3.05, 3.63) is 28.5 Å². The minimum Gasteiger partial charge on any atom is -0.308 e. The number of aromatic nitrogens is 1. The fourth-order valence-corrected chi connectivity index (χ4v) is 2.62. The van der Waals surface area contributed by atoms with Gasteiger partial charge in [0.05, 0.1) is 11.6 Å². The molecule has 0 unspecified atom stereocenters. The number of hydrogen-bond donors (Lipinski definition) is 1. The van der Waals surface area contributed by atoms with Gasteiger partial charge in [0.25, 0.3) is 0 Å². The van der Waals surface area contributed by atoms with Crippen LogP contribution in [0.2, 0.25) is 0 Å². The Hall–Kier alpha value is -0.620. The Morgan fingerprint density at radius 3 is 2.42 bits per heavy atom. The van der Waals surface area contributed by atoms with Crippen molar-refractivity contribution in [3.63, 3.8) is 0 Å². The molecule has 106 valence electrons. The molecule has 0 atom stereocenters. The van der Waals surface area contributed by atoms with E-state index in [0.717, 1.165) is 10.2 Å². The molecule has 0 aliphatic heterocycles. The lowest BCUT2D eigenvalue weighted by atomic mass is 9.85. The molecule has 0 bridgehead atoms. The normalized spacial score (nSPS) is 24.4. The van der Waals surface area contributed by atoms with Gasteiger partial charge in [-0.1, -0.05) is 0 Å². The second-order valence-electron chi connectivity index (χ2n) is 4.94. The van der Waals surface area contributed by atoms with Crippen LogP contribution in [0.4, 0.5) is 13.2 Å². The third kappa shape index (κ3) is 4.45. The van der Waals surface area contributed by atoms with Crippen LogP contribution in [0.15, 0.2) is 22.8 Å². The van der Waals surface area contributed by atoms with Crippen LogP contribution >= 0.6 is 15.9 Å². The first kappa shape index (κ1) is 14.8. The molecule has 2 rings (SSSR count). The van der Waals surface area contributed by atoms with Crippen LogP contribution in [0.1, 0.15) is 31.4 Å². The van der Waals surface area contributed by atoms with Crippen molar-refractivity contribution in [1.29, 1.82) is 0 Å². The molecule has 2 nitrogen and oxygen atoms in total. The lowest BCUT2D eigenvalue weighted by Crippen LogP contribution is -2.36. The van der Waals surface area contributed by atoms with Crippen LogP contribution in [0.5, 0.6) is 0 Å². The minimum absolute atomic E-state index is 0.170. The van der Waals surface area contributed by atoms with Gasteiger partial charge in [0.1, 0.15) is 0 Å². The Bertz CT molecular complexity index is 397. The molecular weight excluding hydrogens is 321 g/mol. The van der Waals surface area contributed by atoms with Crippen LogP contribution in [0.3, 0.4) is 0 Å². The number of hydrogen-bond acceptors (Lipinski definition) is 2. The summed E-state index contributed by atoms with van der Waals surface area (Å²) in [5, 5.41) is 3.28. The first-order chi connectivity index (χ1) is 8.95. The zero-order valence-electron chi connectivity index (χ0n) is 10.4. The summed E-state index contributed by atoms with van der Waals surface area (Å²) in [6, 6.07) is 3.98. The van der Waals surface area contributed by atoms with Crippen molar-refractivity contribution in [3.8, 4) is 0 Å². The standard InChI is InChI=1S/C13H16BrF3N2/c14-10-3-6-12(18-7-10)8-19-11-4-1-9(2-5-11)13(15,16)17/h3,6-7,9,11,19H,1-2,4-5,8H2. The molecule has 0 spiro atoms. The second-order valence-corrected chi connectivity index (χ2v) is 5.85. The highest BCUT2D eigenvalue weighted by molar-refractivity contribution is 9.10. The summed E-state index contributed by atoms with van der Waals surface area (Å²) >= 11 is 3.31. The van der Waals surface area contributed by atoms with Gasteiger partial charge >= 0.3 is 6.18 Å². The molecule has 0 radical (unpaired) electrons. The van der Waals surface area contributed by atoms with Crippen LogP contribution in [-0.2, 0) is 6.54 Å². The molecule has 1 aromatic heterocycles. The van der Waals surface area contributed by atoms with Crippen molar-refractivity contribution in [2.45, 2.75) is 44.4 Å². The molecule has 19 heavy (non-hydrogen) atoms. The maximum atomic E-state index is 12.5. The van der Waals surface area contributed by atoms with Gasteiger partial charge in [-0.05, 0) is 53.7 Å². The van der Waals surface area contributed by atoms with Gasteiger partial charge in [0.2, 0.25) is 0 Å². The Kier molecular flexibility index (Phi) is 4.84. The van der Waals surface area contributed by atoms with E-state index in [1.807, 2.05) is 12.1 Å². The zero-order chi connectivity index (χ0) is 13.9. The van der Waals surface area contributed by atoms with E-state index in [0.29, 0.717) is 19.4 Å². The SMILES string of the molecule is FC(F)(F)C1CCC(NCc2ccc(Br)cn2)CC1. The zero-order valence-corrected chi connectivity index (χ0v) is 12.0. The molecular formula is C13H16BrF3N2. The number of nitrogens with zero attached hydrogens (tertiary/aromatic N) is 1. The monoisotopic (exact) mass is 336 g/mol. The van der Waals surface area contributed by atoms with E-state index in [4.69, 9.17) is 0 Å². The molecule has 1 aliphatic carbocycles. The van der Waals surface area contributed by atoms with E-state index in [-0.39, 0.29) is 18.9 Å². The summed E-state index contributed by atoms with van der Waals surface area (Å²) in [4.78, 5) is 4.23. The number of pyridine rings is 1. The van der Waals surface area contributed by atoms with Gasteiger partial charge in [-0.3, -0.25) is 4.98 Å². The summed E-state index contributed by atoms with van der Waals surface area (Å²) < 4.78 is 38.5. The van der Waals surface area contributed by atoms with Gasteiger partial charge in [-0.15, -0.1) is 0 Å². The van der Waals surface area contributed by atoms with Crippen molar-refractivity contribution >= 4 is 15.9 Å². The Balaban J connectivity index is 1.75. The van der Waals surface area contributed by atoms with Gasteiger partial charge in [-0.2, -0.15) is 13.2 Å². The Labute approximate surface area is 118 Å². The van der Waals surface area contributed by atoms with E-state index >= 15 is 0 Å². The average molecular weight is 337 g/mol. The van der Waals surface area contributed by atoms with Crippen molar-refractivity contribution in [2.75, 3.05) is 0 Å². The van der Waals surface area contributed by atoms with Crippen molar-refractivity contribution in [2.24, 2.45) is 5.92 Å². The topological polar surface area (TPSA) is 24.9 Å². The van der Waals surface area contributed by atoms with Gasteiger partial charge in [0, 0.05) is 23.3 Å². The molecule has 1 fully saturated rings. The van der Waals surface area contributed by atoms with E-state index in [9.17, 15) is 13.2 Å².